The number of rotatable bonds is 5. The van der Waals surface area contributed by atoms with Crippen molar-refractivity contribution in [2.75, 3.05) is 6.54 Å². The van der Waals surface area contributed by atoms with E-state index >= 15 is 0 Å². The number of alkyl halides is 1. The van der Waals surface area contributed by atoms with Gasteiger partial charge in [0.25, 0.3) is 5.91 Å². The van der Waals surface area contributed by atoms with E-state index in [1.54, 1.807) is 19.1 Å². The fourth-order valence-electron chi connectivity index (χ4n) is 1.44. The minimum Gasteiger partial charge on any atom is -0.456 e. The lowest BCUT2D eigenvalue weighted by molar-refractivity contribution is 0.0924. The van der Waals surface area contributed by atoms with Crippen molar-refractivity contribution in [3.05, 3.63) is 23.7 Å². The Labute approximate surface area is 101 Å². The van der Waals surface area contributed by atoms with Crippen molar-refractivity contribution >= 4 is 17.5 Å². The van der Waals surface area contributed by atoms with Crippen LogP contribution in [0.3, 0.4) is 0 Å². The number of nitrogens with one attached hydrogen (secondary N) is 1. The van der Waals surface area contributed by atoms with Gasteiger partial charge >= 0.3 is 0 Å². The summed E-state index contributed by atoms with van der Waals surface area (Å²) in [6.07, 6.45) is 0.888. The van der Waals surface area contributed by atoms with Crippen molar-refractivity contribution in [1.29, 1.82) is 0 Å². The maximum absolute atomic E-state index is 11.6. The summed E-state index contributed by atoms with van der Waals surface area (Å²) in [6.45, 7) is 6.48. The predicted molar refractivity (Wildman–Crippen MR) is 64.9 cm³/mol. The molecule has 1 aromatic rings. The SMILES string of the molecule is Cc1ccc(C(=O)NCC(Cl)CC(C)C)o1. The Morgan fingerprint density at radius 3 is 2.69 bits per heavy atom. The van der Waals surface area contributed by atoms with Crippen molar-refractivity contribution in [2.24, 2.45) is 5.92 Å². The van der Waals surface area contributed by atoms with Crippen LogP contribution >= 0.6 is 11.6 Å². The van der Waals surface area contributed by atoms with Gasteiger partial charge in [-0.05, 0) is 31.4 Å². The molecule has 0 aliphatic heterocycles. The molecule has 0 spiro atoms. The van der Waals surface area contributed by atoms with Crippen LogP contribution in [0, 0.1) is 12.8 Å². The van der Waals surface area contributed by atoms with Gasteiger partial charge in [-0.2, -0.15) is 0 Å². The second-order valence-corrected chi connectivity index (χ2v) is 4.96. The molecule has 0 aliphatic rings. The van der Waals surface area contributed by atoms with E-state index in [0.29, 0.717) is 18.2 Å². The van der Waals surface area contributed by atoms with Gasteiger partial charge in [0.15, 0.2) is 5.76 Å². The Bertz CT molecular complexity index is 347. The zero-order valence-electron chi connectivity index (χ0n) is 9.92. The van der Waals surface area contributed by atoms with Gasteiger partial charge in [-0.3, -0.25) is 4.79 Å². The molecule has 4 heteroatoms. The number of aryl methyl sites for hydroxylation is 1. The van der Waals surface area contributed by atoms with Crippen molar-refractivity contribution in [3.63, 3.8) is 0 Å². The second-order valence-electron chi connectivity index (χ2n) is 4.35. The van der Waals surface area contributed by atoms with Crippen LogP contribution in [0.15, 0.2) is 16.5 Å². The van der Waals surface area contributed by atoms with E-state index in [9.17, 15) is 4.79 Å². The molecule has 1 amide bonds. The van der Waals surface area contributed by atoms with E-state index in [1.165, 1.54) is 0 Å². The van der Waals surface area contributed by atoms with E-state index in [4.69, 9.17) is 16.0 Å². The molecular formula is C12H18ClNO2. The van der Waals surface area contributed by atoms with Crippen LogP contribution in [0.1, 0.15) is 36.6 Å². The van der Waals surface area contributed by atoms with Crippen LogP contribution in [-0.2, 0) is 0 Å². The summed E-state index contributed by atoms with van der Waals surface area (Å²) in [7, 11) is 0. The van der Waals surface area contributed by atoms with Crippen molar-refractivity contribution in [3.8, 4) is 0 Å². The maximum atomic E-state index is 11.6. The summed E-state index contributed by atoms with van der Waals surface area (Å²) >= 11 is 6.07. The number of amides is 1. The summed E-state index contributed by atoms with van der Waals surface area (Å²) in [5, 5.41) is 2.73. The molecule has 90 valence electrons. The first-order valence-corrected chi connectivity index (χ1v) is 5.91. The average Bonchev–Trinajstić information content (AvgIpc) is 2.60. The fourth-order valence-corrected chi connectivity index (χ4v) is 1.88. The normalized spacial score (nSPS) is 12.8. The number of halogens is 1. The van der Waals surface area contributed by atoms with Crippen LogP contribution < -0.4 is 5.32 Å². The van der Waals surface area contributed by atoms with Gasteiger partial charge in [-0.1, -0.05) is 13.8 Å². The summed E-state index contributed by atoms with van der Waals surface area (Å²) in [5.41, 5.74) is 0. The predicted octanol–water partition coefficient (Wildman–Crippen LogP) is 2.97. The molecule has 1 aromatic heterocycles. The largest absolute Gasteiger partial charge is 0.456 e. The van der Waals surface area contributed by atoms with Crippen molar-refractivity contribution < 1.29 is 9.21 Å². The minimum absolute atomic E-state index is 0.0278. The Kier molecular flexibility index (Phi) is 4.87. The summed E-state index contributed by atoms with van der Waals surface area (Å²) < 4.78 is 5.20. The molecule has 1 N–H and O–H groups in total. The zero-order chi connectivity index (χ0) is 12.1. The first-order chi connectivity index (χ1) is 7.49. The van der Waals surface area contributed by atoms with Crippen LogP contribution in [-0.4, -0.2) is 17.8 Å². The third kappa shape index (κ3) is 4.27. The Hall–Kier alpha value is -0.960. The molecular weight excluding hydrogens is 226 g/mol. The molecule has 1 atom stereocenters. The standard InChI is InChI=1S/C12H18ClNO2/c1-8(2)6-10(13)7-14-12(15)11-5-4-9(3)16-11/h4-5,8,10H,6-7H2,1-3H3,(H,14,15). The molecule has 1 unspecified atom stereocenters. The van der Waals surface area contributed by atoms with E-state index in [0.717, 1.165) is 12.2 Å². The van der Waals surface area contributed by atoms with Crippen LogP contribution in [0.5, 0.6) is 0 Å². The van der Waals surface area contributed by atoms with Gasteiger partial charge in [-0.15, -0.1) is 11.6 Å². The van der Waals surface area contributed by atoms with Crippen LogP contribution in [0.25, 0.3) is 0 Å². The molecule has 0 fully saturated rings. The number of hydrogen-bond acceptors (Lipinski definition) is 2. The molecule has 16 heavy (non-hydrogen) atoms. The Balaban J connectivity index is 2.35. The smallest absolute Gasteiger partial charge is 0.287 e. The quantitative estimate of drug-likeness (QED) is 0.808. The third-order valence-corrected chi connectivity index (χ3v) is 2.51. The lowest BCUT2D eigenvalue weighted by atomic mass is 10.1. The second kappa shape index (κ2) is 5.94. The topological polar surface area (TPSA) is 42.2 Å². The molecule has 3 nitrogen and oxygen atoms in total. The minimum atomic E-state index is -0.206. The lowest BCUT2D eigenvalue weighted by Gasteiger charge is -2.12. The first kappa shape index (κ1) is 13.1. The Morgan fingerprint density at radius 2 is 2.19 bits per heavy atom. The van der Waals surface area contributed by atoms with E-state index < -0.39 is 0 Å². The van der Waals surface area contributed by atoms with Gasteiger partial charge in [0.1, 0.15) is 5.76 Å². The van der Waals surface area contributed by atoms with Crippen LogP contribution in [0.2, 0.25) is 0 Å². The number of hydrogen-bond donors (Lipinski definition) is 1. The van der Waals surface area contributed by atoms with Gasteiger partial charge in [-0.25, -0.2) is 0 Å². The number of furan rings is 1. The third-order valence-electron chi connectivity index (χ3n) is 2.18. The summed E-state index contributed by atoms with van der Waals surface area (Å²) in [4.78, 5) is 11.6. The van der Waals surface area contributed by atoms with E-state index in [1.807, 2.05) is 0 Å². The molecule has 0 saturated carbocycles. The van der Waals surface area contributed by atoms with E-state index in [2.05, 4.69) is 19.2 Å². The first-order valence-electron chi connectivity index (χ1n) is 5.47. The van der Waals surface area contributed by atoms with Gasteiger partial charge in [0, 0.05) is 6.54 Å². The van der Waals surface area contributed by atoms with Gasteiger partial charge in [0.2, 0.25) is 0 Å². The molecule has 0 aliphatic carbocycles. The number of carbonyl (C=O) groups is 1. The summed E-state index contributed by atoms with van der Waals surface area (Å²) in [5.74, 6) is 1.40. The van der Waals surface area contributed by atoms with Crippen LogP contribution in [0.4, 0.5) is 0 Å². The Morgan fingerprint density at radius 1 is 1.50 bits per heavy atom. The van der Waals surface area contributed by atoms with Gasteiger partial charge in [0.05, 0.1) is 5.38 Å². The highest BCUT2D eigenvalue weighted by Crippen LogP contribution is 2.10. The lowest BCUT2D eigenvalue weighted by Crippen LogP contribution is -2.30. The average molecular weight is 244 g/mol. The highest BCUT2D eigenvalue weighted by atomic mass is 35.5. The molecule has 1 rings (SSSR count). The maximum Gasteiger partial charge on any atom is 0.287 e. The van der Waals surface area contributed by atoms with E-state index in [-0.39, 0.29) is 11.3 Å². The molecule has 1 heterocycles. The highest BCUT2D eigenvalue weighted by molar-refractivity contribution is 6.20. The number of carbonyl (C=O) groups excluding carboxylic acids is 1. The highest BCUT2D eigenvalue weighted by Gasteiger charge is 2.12. The monoisotopic (exact) mass is 243 g/mol. The van der Waals surface area contributed by atoms with Crippen molar-refractivity contribution in [2.45, 2.75) is 32.6 Å². The van der Waals surface area contributed by atoms with Crippen molar-refractivity contribution in [1.82, 2.24) is 5.32 Å². The molecule has 0 aromatic carbocycles. The molecule has 0 radical (unpaired) electrons. The fraction of sp³-hybridized carbons (Fsp3) is 0.583. The molecule has 0 saturated heterocycles. The zero-order valence-corrected chi connectivity index (χ0v) is 10.7. The van der Waals surface area contributed by atoms with Gasteiger partial charge < -0.3 is 9.73 Å². The molecule has 0 bridgehead atoms. The summed E-state index contributed by atoms with van der Waals surface area (Å²) in [6, 6.07) is 3.43.